The second-order valence-electron chi connectivity index (χ2n) is 5.40. The Hall–Kier alpha value is -2.76. The van der Waals surface area contributed by atoms with Crippen LogP contribution in [0.3, 0.4) is 0 Å². The van der Waals surface area contributed by atoms with E-state index in [4.69, 9.17) is 4.42 Å². The molecule has 1 heterocycles. The van der Waals surface area contributed by atoms with Crippen molar-refractivity contribution in [1.82, 2.24) is 10.6 Å². The standard InChI is InChI=1S/C18H23N3O3/c1-2-3-10-19-18(23)14-6-8-15(9-7-14)20-13-17(22)21-12-16-5-4-11-24-16/h4-9,11,20H,2-3,10,12-13H2,1H3,(H,19,23)(H,21,22). The monoisotopic (exact) mass is 329 g/mol. The number of carbonyl (C=O) groups excluding carboxylic acids is 2. The van der Waals surface area contributed by atoms with E-state index in [-0.39, 0.29) is 18.4 Å². The van der Waals surface area contributed by atoms with E-state index >= 15 is 0 Å². The highest BCUT2D eigenvalue weighted by Gasteiger charge is 2.06. The molecule has 0 bridgehead atoms. The molecule has 3 N–H and O–H groups in total. The molecule has 0 fully saturated rings. The van der Waals surface area contributed by atoms with Gasteiger partial charge in [-0.3, -0.25) is 9.59 Å². The van der Waals surface area contributed by atoms with Crippen LogP contribution < -0.4 is 16.0 Å². The summed E-state index contributed by atoms with van der Waals surface area (Å²) in [5.74, 6) is 0.501. The number of unbranched alkanes of at least 4 members (excludes halogenated alkanes) is 1. The van der Waals surface area contributed by atoms with Crippen LogP contribution in [-0.2, 0) is 11.3 Å². The van der Waals surface area contributed by atoms with E-state index in [0.717, 1.165) is 18.5 Å². The maximum absolute atomic E-state index is 11.9. The largest absolute Gasteiger partial charge is 0.467 e. The van der Waals surface area contributed by atoms with Crippen LogP contribution in [0.25, 0.3) is 0 Å². The first-order valence-electron chi connectivity index (χ1n) is 8.10. The quantitative estimate of drug-likeness (QED) is 0.617. The highest BCUT2D eigenvalue weighted by atomic mass is 16.3. The van der Waals surface area contributed by atoms with Gasteiger partial charge in [-0.1, -0.05) is 13.3 Å². The van der Waals surface area contributed by atoms with Gasteiger partial charge in [0.05, 0.1) is 19.4 Å². The molecular weight excluding hydrogens is 306 g/mol. The molecule has 1 aromatic heterocycles. The van der Waals surface area contributed by atoms with Crippen molar-refractivity contribution in [2.75, 3.05) is 18.4 Å². The smallest absolute Gasteiger partial charge is 0.251 e. The van der Waals surface area contributed by atoms with Crippen LogP contribution in [0.5, 0.6) is 0 Å². The van der Waals surface area contributed by atoms with Gasteiger partial charge in [-0.15, -0.1) is 0 Å². The molecule has 128 valence electrons. The SMILES string of the molecule is CCCCNC(=O)c1ccc(NCC(=O)NCc2ccco2)cc1. The zero-order chi connectivity index (χ0) is 17.2. The Morgan fingerprint density at radius 1 is 1.08 bits per heavy atom. The summed E-state index contributed by atoms with van der Waals surface area (Å²) in [6.07, 6.45) is 3.59. The minimum Gasteiger partial charge on any atom is -0.467 e. The maximum Gasteiger partial charge on any atom is 0.251 e. The van der Waals surface area contributed by atoms with Gasteiger partial charge in [-0.25, -0.2) is 0 Å². The summed E-state index contributed by atoms with van der Waals surface area (Å²) in [4.78, 5) is 23.6. The van der Waals surface area contributed by atoms with Crippen molar-refractivity contribution in [1.29, 1.82) is 0 Å². The lowest BCUT2D eigenvalue weighted by atomic mass is 10.2. The predicted molar refractivity (Wildman–Crippen MR) is 92.7 cm³/mol. The van der Waals surface area contributed by atoms with Gasteiger partial charge in [0.2, 0.25) is 5.91 Å². The highest BCUT2D eigenvalue weighted by molar-refractivity contribution is 5.94. The van der Waals surface area contributed by atoms with Crippen LogP contribution in [-0.4, -0.2) is 24.9 Å². The number of nitrogens with one attached hydrogen (secondary N) is 3. The Morgan fingerprint density at radius 2 is 1.88 bits per heavy atom. The van der Waals surface area contributed by atoms with Gasteiger partial charge in [0.1, 0.15) is 5.76 Å². The molecule has 24 heavy (non-hydrogen) atoms. The molecule has 0 atom stereocenters. The van der Waals surface area contributed by atoms with Crippen molar-refractivity contribution in [3.63, 3.8) is 0 Å². The van der Waals surface area contributed by atoms with Gasteiger partial charge < -0.3 is 20.4 Å². The Labute approximate surface area is 141 Å². The predicted octanol–water partition coefficient (Wildman–Crippen LogP) is 2.54. The molecule has 6 nitrogen and oxygen atoms in total. The Bertz CT molecular complexity index is 636. The van der Waals surface area contributed by atoms with E-state index in [0.29, 0.717) is 24.4 Å². The lowest BCUT2D eigenvalue weighted by molar-refractivity contribution is -0.119. The Morgan fingerprint density at radius 3 is 2.54 bits per heavy atom. The molecule has 2 aromatic rings. The Kier molecular flexibility index (Phi) is 6.89. The summed E-state index contributed by atoms with van der Waals surface area (Å²) in [5, 5.41) is 8.64. The molecular formula is C18H23N3O3. The lowest BCUT2D eigenvalue weighted by Crippen LogP contribution is -2.29. The highest BCUT2D eigenvalue weighted by Crippen LogP contribution is 2.09. The average Bonchev–Trinajstić information content (AvgIpc) is 3.12. The molecule has 2 amide bonds. The summed E-state index contributed by atoms with van der Waals surface area (Å²) >= 11 is 0. The second kappa shape index (κ2) is 9.39. The first-order chi connectivity index (χ1) is 11.7. The third-order valence-corrected chi connectivity index (χ3v) is 3.46. The molecule has 0 saturated heterocycles. The number of furan rings is 1. The van der Waals surface area contributed by atoms with Crippen molar-refractivity contribution >= 4 is 17.5 Å². The van der Waals surface area contributed by atoms with E-state index < -0.39 is 0 Å². The number of hydrogen-bond donors (Lipinski definition) is 3. The zero-order valence-corrected chi connectivity index (χ0v) is 13.8. The summed E-state index contributed by atoms with van der Waals surface area (Å²) in [6, 6.07) is 10.6. The Balaban J connectivity index is 1.72. The molecule has 0 aliphatic heterocycles. The minimum atomic E-state index is -0.132. The summed E-state index contributed by atoms with van der Waals surface area (Å²) in [6.45, 7) is 3.29. The van der Waals surface area contributed by atoms with Crippen molar-refractivity contribution < 1.29 is 14.0 Å². The number of carbonyl (C=O) groups is 2. The molecule has 0 aliphatic rings. The summed E-state index contributed by atoms with van der Waals surface area (Å²) < 4.78 is 5.14. The summed E-state index contributed by atoms with van der Waals surface area (Å²) in [7, 11) is 0. The second-order valence-corrected chi connectivity index (χ2v) is 5.40. The fourth-order valence-electron chi connectivity index (χ4n) is 2.06. The van der Waals surface area contributed by atoms with Crippen LogP contribution in [0.4, 0.5) is 5.69 Å². The van der Waals surface area contributed by atoms with Gasteiger partial charge in [0.25, 0.3) is 5.91 Å². The molecule has 0 aliphatic carbocycles. The lowest BCUT2D eigenvalue weighted by Gasteiger charge is -2.08. The van der Waals surface area contributed by atoms with E-state index in [1.54, 1.807) is 42.7 Å². The van der Waals surface area contributed by atoms with Gasteiger partial charge >= 0.3 is 0 Å². The van der Waals surface area contributed by atoms with Gasteiger partial charge in [0, 0.05) is 17.8 Å². The van der Waals surface area contributed by atoms with Crippen LogP contribution >= 0.6 is 0 Å². The maximum atomic E-state index is 11.9. The van der Waals surface area contributed by atoms with Crippen LogP contribution in [0.1, 0.15) is 35.9 Å². The number of rotatable bonds is 9. The molecule has 2 rings (SSSR count). The molecule has 0 unspecified atom stereocenters. The number of benzene rings is 1. The summed E-state index contributed by atoms with van der Waals surface area (Å²) in [5.41, 5.74) is 1.40. The van der Waals surface area contributed by atoms with Crippen LogP contribution in [0, 0.1) is 0 Å². The first-order valence-corrected chi connectivity index (χ1v) is 8.10. The van der Waals surface area contributed by atoms with E-state index in [9.17, 15) is 9.59 Å². The van der Waals surface area contributed by atoms with Gasteiger partial charge in [-0.05, 0) is 42.8 Å². The van der Waals surface area contributed by atoms with Crippen molar-refractivity contribution in [3.8, 4) is 0 Å². The normalized spacial score (nSPS) is 10.2. The van der Waals surface area contributed by atoms with Crippen molar-refractivity contribution in [2.45, 2.75) is 26.3 Å². The molecule has 0 saturated carbocycles. The molecule has 0 radical (unpaired) electrons. The third kappa shape index (κ3) is 5.79. The minimum absolute atomic E-state index is 0.0776. The zero-order valence-electron chi connectivity index (χ0n) is 13.8. The number of hydrogen-bond acceptors (Lipinski definition) is 4. The van der Waals surface area contributed by atoms with Crippen LogP contribution in [0.2, 0.25) is 0 Å². The van der Waals surface area contributed by atoms with Crippen molar-refractivity contribution in [2.24, 2.45) is 0 Å². The third-order valence-electron chi connectivity index (χ3n) is 3.46. The number of anilines is 1. The van der Waals surface area contributed by atoms with Crippen molar-refractivity contribution in [3.05, 3.63) is 54.0 Å². The molecule has 6 heteroatoms. The fourth-order valence-corrected chi connectivity index (χ4v) is 2.06. The first kappa shape index (κ1) is 17.6. The van der Waals surface area contributed by atoms with E-state index in [2.05, 4.69) is 22.9 Å². The average molecular weight is 329 g/mol. The number of amides is 2. The van der Waals surface area contributed by atoms with Gasteiger partial charge in [-0.2, -0.15) is 0 Å². The van der Waals surface area contributed by atoms with Crippen LogP contribution in [0.15, 0.2) is 47.1 Å². The van der Waals surface area contributed by atoms with E-state index in [1.807, 2.05) is 0 Å². The van der Waals surface area contributed by atoms with Gasteiger partial charge in [0.15, 0.2) is 0 Å². The van der Waals surface area contributed by atoms with E-state index in [1.165, 1.54) is 0 Å². The topological polar surface area (TPSA) is 83.4 Å². The molecule has 1 aromatic carbocycles. The fraction of sp³-hybridized carbons (Fsp3) is 0.333. The molecule has 0 spiro atoms.